The third kappa shape index (κ3) is 3.79. The van der Waals surface area contributed by atoms with E-state index in [0.29, 0.717) is 0 Å². The fourth-order valence-electron chi connectivity index (χ4n) is 1.27. The van der Waals surface area contributed by atoms with Crippen LogP contribution in [0.4, 0.5) is 0 Å². The van der Waals surface area contributed by atoms with Gasteiger partial charge in [-0.05, 0) is 6.07 Å². The van der Waals surface area contributed by atoms with Crippen LogP contribution in [0.3, 0.4) is 0 Å². The third-order valence-corrected chi connectivity index (χ3v) is 4.59. The molecule has 1 aromatic heterocycles. The second kappa shape index (κ2) is 6.18. The fraction of sp³-hybridized carbons (Fsp3) is 0.400. The van der Waals surface area contributed by atoms with Crippen molar-refractivity contribution in [1.29, 1.82) is 0 Å². The van der Waals surface area contributed by atoms with Gasteiger partial charge in [0.25, 0.3) is 5.56 Å². The summed E-state index contributed by atoms with van der Waals surface area (Å²) in [5.41, 5.74) is -0.561. The average molecular weight is 308 g/mol. The number of aromatic amines is 1. The van der Waals surface area contributed by atoms with E-state index in [2.05, 4.69) is 10.3 Å². The van der Waals surface area contributed by atoms with Gasteiger partial charge in [-0.25, -0.2) is 12.7 Å². The van der Waals surface area contributed by atoms with Crippen LogP contribution < -0.4 is 10.9 Å². The van der Waals surface area contributed by atoms with Gasteiger partial charge in [0, 0.05) is 33.3 Å². The quantitative estimate of drug-likeness (QED) is 0.786. The van der Waals surface area contributed by atoms with Crippen LogP contribution >= 0.6 is 11.6 Å². The molecule has 1 amide bonds. The Labute approximate surface area is 115 Å². The van der Waals surface area contributed by atoms with Gasteiger partial charge < -0.3 is 10.3 Å². The van der Waals surface area contributed by atoms with Crippen molar-refractivity contribution in [2.24, 2.45) is 0 Å². The highest BCUT2D eigenvalue weighted by atomic mass is 35.5. The molecule has 0 unspecified atom stereocenters. The van der Waals surface area contributed by atoms with E-state index in [4.69, 9.17) is 11.6 Å². The molecule has 1 rings (SSSR count). The first-order chi connectivity index (χ1) is 8.78. The maximum Gasteiger partial charge on any atom is 0.266 e. The summed E-state index contributed by atoms with van der Waals surface area (Å²) in [6.07, 6.45) is 1.11. The Morgan fingerprint density at radius 1 is 1.53 bits per heavy atom. The molecule has 0 atom stereocenters. The number of carbonyl (C=O) groups is 1. The van der Waals surface area contributed by atoms with Crippen molar-refractivity contribution < 1.29 is 13.2 Å². The van der Waals surface area contributed by atoms with Crippen LogP contribution in [0.2, 0.25) is 5.02 Å². The minimum absolute atomic E-state index is 0.0265. The number of sulfonamides is 1. The zero-order valence-electron chi connectivity index (χ0n) is 10.4. The molecule has 9 heteroatoms. The Bertz CT molecular complexity index is 626. The fourth-order valence-corrected chi connectivity index (χ4v) is 2.67. The monoisotopic (exact) mass is 307 g/mol. The summed E-state index contributed by atoms with van der Waals surface area (Å²) in [6, 6.07) is 1.08. The van der Waals surface area contributed by atoms with E-state index in [0.717, 1.165) is 16.6 Å². The number of halogens is 1. The van der Waals surface area contributed by atoms with Crippen molar-refractivity contribution in [3.63, 3.8) is 0 Å². The summed E-state index contributed by atoms with van der Waals surface area (Å²) < 4.78 is 25.2. The van der Waals surface area contributed by atoms with E-state index in [-0.39, 0.29) is 28.8 Å². The smallest absolute Gasteiger partial charge is 0.266 e. The van der Waals surface area contributed by atoms with Gasteiger partial charge in [0.1, 0.15) is 5.02 Å². The SMILES string of the molecule is CNC(=O)CCN(C)S(=O)(=O)c1c[nH]c(=O)c(Cl)c1. The molecule has 0 fully saturated rings. The van der Waals surface area contributed by atoms with Gasteiger partial charge >= 0.3 is 0 Å². The first-order valence-corrected chi connectivity index (χ1v) is 7.16. The topological polar surface area (TPSA) is 99.3 Å². The number of aromatic nitrogens is 1. The molecule has 0 spiro atoms. The standard InChI is InChI=1S/C10H14ClN3O4S/c1-12-9(15)3-4-14(2)19(17,18)7-5-8(11)10(16)13-6-7/h5-6H,3-4H2,1-2H3,(H,12,15)(H,13,16). The van der Waals surface area contributed by atoms with E-state index in [9.17, 15) is 18.0 Å². The molecule has 0 radical (unpaired) electrons. The Hall–Kier alpha value is -1.38. The lowest BCUT2D eigenvalue weighted by atomic mass is 10.4. The molecule has 0 saturated heterocycles. The highest BCUT2D eigenvalue weighted by Crippen LogP contribution is 2.15. The van der Waals surface area contributed by atoms with Gasteiger partial charge in [0.15, 0.2) is 0 Å². The number of nitrogens with zero attached hydrogens (tertiary/aromatic N) is 1. The molecule has 0 aromatic carbocycles. The molecule has 0 aliphatic rings. The van der Waals surface area contributed by atoms with Gasteiger partial charge in [0.2, 0.25) is 15.9 Å². The second-order valence-corrected chi connectivity index (χ2v) is 6.21. The summed E-state index contributed by atoms with van der Waals surface area (Å²) >= 11 is 5.58. The first kappa shape index (κ1) is 15.7. The minimum atomic E-state index is -3.78. The van der Waals surface area contributed by atoms with Crippen molar-refractivity contribution in [3.8, 4) is 0 Å². The van der Waals surface area contributed by atoms with Crippen LogP contribution in [0.15, 0.2) is 22.0 Å². The molecule has 106 valence electrons. The summed E-state index contributed by atoms with van der Waals surface area (Å²) in [4.78, 5) is 24.3. The molecular weight excluding hydrogens is 294 g/mol. The number of H-pyrrole nitrogens is 1. The molecule has 2 N–H and O–H groups in total. The normalized spacial score (nSPS) is 11.6. The predicted octanol–water partition coefficient (Wildman–Crippen LogP) is -0.215. The van der Waals surface area contributed by atoms with Crippen LogP contribution in [0.1, 0.15) is 6.42 Å². The number of hydrogen-bond donors (Lipinski definition) is 2. The third-order valence-electron chi connectivity index (χ3n) is 2.47. The lowest BCUT2D eigenvalue weighted by molar-refractivity contribution is -0.120. The van der Waals surface area contributed by atoms with Crippen molar-refractivity contribution in [1.82, 2.24) is 14.6 Å². The van der Waals surface area contributed by atoms with Crippen molar-refractivity contribution in [3.05, 3.63) is 27.6 Å². The summed E-state index contributed by atoms with van der Waals surface area (Å²) in [5.74, 6) is -0.262. The van der Waals surface area contributed by atoms with E-state index in [1.165, 1.54) is 14.1 Å². The predicted molar refractivity (Wildman–Crippen MR) is 70.6 cm³/mol. The van der Waals surface area contributed by atoms with Crippen molar-refractivity contribution in [2.75, 3.05) is 20.6 Å². The van der Waals surface area contributed by atoms with Gasteiger partial charge in [-0.2, -0.15) is 0 Å². The zero-order chi connectivity index (χ0) is 14.6. The van der Waals surface area contributed by atoms with Gasteiger partial charge in [-0.15, -0.1) is 0 Å². The Balaban J connectivity index is 2.93. The molecule has 1 heterocycles. The number of amides is 1. The van der Waals surface area contributed by atoms with Gasteiger partial charge in [-0.3, -0.25) is 9.59 Å². The zero-order valence-corrected chi connectivity index (χ0v) is 12.0. The molecule has 1 aromatic rings. The largest absolute Gasteiger partial charge is 0.359 e. The molecule has 0 saturated carbocycles. The molecule has 0 aliphatic heterocycles. The van der Waals surface area contributed by atoms with Gasteiger partial charge in [0.05, 0.1) is 4.90 Å². The van der Waals surface area contributed by atoms with Gasteiger partial charge in [-0.1, -0.05) is 11.6 Å². The molecule has 19 heavy (non-hydrogen) atoms. The van der Waals surface area contributed by atoms with Crippen molar-refractivity contribution in [2.45, 2.75) is 11.3 Å². The van der Waals surface area contributed by atoms with E-state index < -0.39 is 15.6 Å². The molecule has 0 bridgehead atoms. The van der Waals surface area contributed by atoms with E-state index in [1.54, 1.807) is 0 Å². The first-order valence-electron chi connectivity index (χ1n) is 5.34. The number of carbonyl (C=O) groups excluding carboxylic acids is 1. The van der Waals surface area contributed by atoms with Crippen LogP contribution in [-0.2, 0) is 14.8 Å². The van der Waals surface area contributed by atoms with E-state index >= 15 is 0 Å². The van der Waals surface area contributed by atoms with Crippen LogP contribution in [0, 0.1) is 0 Å². The number of hydrogen-bond acceptors (Lipinski definition) is 4. The highest BCUT2D eigenvalue weighted by molar-refractivity contribution is 7.89. The lowest BCUT2D eigenvalue weighted by Gasteiger charge is -2.16. The summed E-state index contributed by atoms with van der Waals surface area (Å²) in [7, 11) is -0.968. The number of nitrogens with one attached hydrogen (secondary N) is 2. The maximum atomic E-state index is 12.1. The summed E-state index contributed by atoms with van der Waals surface area (Å²) in [5, 5.41) is 2.19. The number of rotatable bonds is 5. The summed E-state index contributed by atoms with van der Waals surface area (Å²) in [6.45, 7) is 0.0265. The Morgan fingerprint density at radius 2 is 2.16 bits per heavy atom. The van der Waals surface area contributed by atoms with Crippen LogP contribution in [-0.4, -0.2) is 44.3 Å². The second-order valence-electron chi connectivity index (χ2n) is 3.76. The Kier molecular flexibility index (Phi) is 5.10. The Morgan fingerprint density at radius 3 is 2.68 bits per heavy atom. The van der Waals surface area contributed by atoms with E-state index in [1.807, 2.05) is 0 Å². The lowest BCUT2D eigenvalue weighted by Crippen LogP contribution is -2.31. The van der Waals surface area contributed by atoms with Crippen molar-refractivity contribution >= 4 is 27.5 Å². The average Bonchev–Trinajstić information content (AvgIpc) is 2.38. The number of pyridine rings is 1. The maximum absolute atomic E-state index is 12.1. The highest BCUT2D eigenvalue weighted by Gasteiger charge is 2.22. The minimum Gasteiger partial charge on any atom is -0.359 e. The van der Waals surface area contributed by atoms with Crippen LogP contribution in [0.25, 0.3) is 0 Å². The van der Waals surface area contributed by atoms with Crippen LogP contribution in [0.5, 0.6) is 0 Å². The molecule has 7 nitrogen and oxygen atoms in total. The molecule has 0 aliphatic carbocycles. The molecular formula is C10H14ClN3O4S.